The van der Waals surface area contributed by atoms with Crippen LogP contribution < -0.4 is 23.8 Å². The highest BCUT2D eigenvalue weighted by Gasteiger charge is 2.32. The number of ether oxygens (including phenoxy) is 3. The fourth-order valence-corrected chi connectivity index (χ4v) is 4.72. The predicted octanol–water partition coefficient (Wildman–Crippen LogP) is 3.20. The van der Waals surface area contributed by atoms with Crippen LogP contribution in [0.15, 0.2) is 42.5 Å². The van der Waals surface area contributed by atoms with Gasteiger partial charge in [-0.15, -0.1) is 0 Å². The molecular formula is C27H39N3O7S. The number of hydrogen-bond acceptors (Lipinski definition) is 7. The first-order valence-electron chi connectivity index (χ1n) is 12.4. The summed E-state index contributed by atoms with van der Waals surface area (Å²) in [4.78, 5) is 28.4. The van der Waals surface area contributed by atoms with E-state index >= 15 is 0 Å². The van der Waals surface area contributed by atoms with Gasteiger partial charge in [0.1, 0.15) is 18.3 Å². The van der Waals surface area contributed by atoms with Gasteiger partial charge in [-0.3, -0.25) is 13.9 Å². The molecule has 38 heavy (non-hydrogen) atoms. The predicted molar refractivity (Wildman–Crippen MR) is 147 cm³/mol. The second-order valence-electron chi connectivity index (χ2n) is 8.92. The maximum absolute atomic E-state index is 13.8. The number of benzene rings is 2. The Bertz CT molecular complexity index is 1190. The smallest absolute Gasteiger partial charge is 0.244 e. The fraction of sp³-hybridized carbons (Fsp3) is 0.481. The third-order valence-corrected chi connectivity index (χ3v) is 7.37. The molecule has 0 saturated heterocycles. The van der Waals surface area contributed by atoms with Crippen molar-refractivity contribution in [3.8, 4) is 17.2 Å². The number of nitrogens with zero attached hydrogens (tertiary/aromatic N) is 2. The summed E-state index contributed by atoms with van der Waals surface area (Å²) in [6.45, 7) is 5.27. The van der Waals surface area contributed by atoms with Crippen molar-refractivity contribution in [1.82, 2.24) is 10.2 Å². The third-order valence-electron chi connectivity index (χ3n) is 6.23. The lowest BCUT2D eigenvalue weighted by Gasteiger charge is -2.33. The number of amides is 2. The number of hydrogen-bond donors (Lipinski definition) is 1. The number of carbonyl (C=O) groups excluding carboxylic acids is 2. The van der Waals surface area contributed by atoms with Crippen LogP contribution in [0.25, 0.3) is 0 Å². The van der Waals surface area contributed by atoms with Crippen LogP contribution in [0.1, 0.15) is 39.2 Å². The Morgan fingerprint density at radius 1 is 0.921 bits per heavy atom. The maximum Gasteiger partial charge on any atom is 0.244 e. The van der Waals surface area contributed by atoms with Gasteiger partial charge in [-0.2, -0.15) is 0 Å². The topological polar surface area (TPSA) is 114 Å². The molecule has 2 amide bonds. The molecule has 0 radical (unpaired) electrons. The third kappa shape index (κ3) is 8.01. The molecule has 2 rings (SSSR count). The van der Waals surface area contributed by atoms with Gasteiger partial charge in [-0.1, -0.05) is 26.0 Å². The standard InChI is InChI=1S/C27H39N3O7S/c1-8-19(3)28-27(32)23(9-2)29(17-20-10-13-22(35-4)14-11-20)26(31)18-30(38(7,33)34)21-12-15-24(36-5)25(16-21)37-6/h10-16,19,23H,8-9,17-18H2,1-7H3,(H,28,32). The lowest BCUT2D eigenvalue weighted by molar-refractivity contribution is -0.140. The fourth-order valence-electron chi connectivity index (χ4n) is 3.88. The Balaban J connectivity index is 2.48. The first kappa shape index (κ1) is 30.8. The molecule has 10 nitrogen and oxygen atoms in total. The monoisotopic (exact) mass is 549 g/mol. The number of sulfonamides is 1. The zero-order chi connectivity index (χ0) is 28.5. The van der Waals surface area contributed by atoms with E-state index in [1.54, 1.807) is 37.4 Å². The van der Waals surface area contributed by atoms with Gasteiger partial charge in [0.15, 0.2) is 11.5 Å². The molecule has 11 heteroatoms. The van der Waals surface area contributed by atoms with E-state index in [-0.39, 0.29) is 24.2 Å². The van der Waals surface area contributed by atoms with E-state index in [0.29, 0.717) is 23.7 Å². The normalized spacial score (nSPS) is 12.7. The molecule has 0 fully saturated rings. The highest BCUT2D eigenvalue weighted by Crippen LogP contribution is 2.32. The number of anilines is 1. The summed E-state index contributed by atoms with van der Waals surface area (Å²) in [5.74, 6) is 0.586. The van der Waals surface area contributed by atoms with Gasteiger partial charge >= 0.3 is 0 Å². The molecular weight excluding hydrogens is 510 g/mol. The van der Waals surface area contributed by atoms with Gasteiger partial charge in [-0.25, -0.2) is 8.42 Å². The lowest BCUT2D eigenvalue weighted by atomic mass is 10.1. The van der Waals surface area contributed by atoms with Crippen LogP contribution in [0.5, 0.6) is 17.2 Å². The molecule has 0 aliphatic heterocycles. The van der Waals surface area contributed by atoms with Crippen LogP contribution in [0.3, 0.4) is 0 Å². The Kier molecular flexibility index (Phi) is 11.2. The van der Waals surface area contributed by atoms with Crippen molar-refractivity contribution in [3.05, 3.63) is 48.0 Å². The summed E-state index contributed by atoms with van der Waals surface area (Å²) in [6.07, 6.45) is 2.10. The van der Waals surface area contributed by atoms with E-state index in [9.17, 15) is 18.0 Å². The Labute approximate surface area is 225 Å². The number of methoxy groups -OCH3 is 3. The van der Waals surface area contributed by atoms with Crippen LogP contribution in [0.4, 0.5) is 5.69 Å². The average Bonchev–Trinajstić information content (AvgIpc) is 2.90. The van der Waals surface area contributed by atoms with E-state index in [4.69, 9.17) is 14.2 Å². The minimum atomic E-state index is -3.88. The first-order valence-corrected chi connectivity index (χ1v) is 14.3. The van der Waals surface area contributed by atoms with Crippen LogP contribution >= 0.6 is 0 Å². The van der Waals surface area contributed by atoms with Gasteiger partial charge in [0.25, 0.3) is 0 Å². The van der Waals surface area contributed by atoms with Crippen molar-refractivity contribution in [2.24, 2.45) is 0 Å². The zero-order valence-electron chi connectivity index (χ0n) is 23.2. The molecule has 0 spiro atoms. The maximum atomic E-state index is 13.8. The van der Waals surface area contributed by atoms with Gasteiger partial charge in [-0.05, 0) is 49.6 Å². The Hall–Kier alpha value is -3.47. The first-order chi connectivity index (χ1) is 18.0. The SMILES string of the molecule is CCC(C)NC(=O)C(CC)N(Cc1ccc(OC)cc1)C(=O)CN(c1ccc(OC)c(OC)c1)S(C)(=O)=O. The zero-order valence-corrected chi connectivity index (χ0v) is 24.0. The molecule has 0 bridgehead atoms. The molecule has 2 aromatic carbocycles. The summed E-state index contributed by atoms with van der Waals surface area (Å²) >= 11 is 0. The molecule has 0 heterocycles. The largest absolute Gasteiger partial charge is 0.497 e. The van der Waals surface area contributed by atoms with Gasteiger partial charge < -0.3 is 24.4 Å². The van der Waals surface area contributed by atoms with Crippen LogP contribution in [-0.4, -0.2) is 71.3 Å². The second-order valence-corrected chi connectivity index (χ2v) is 10.8. The van der Waals surface area contributed by atoms with Crippen molar-refractivity contribution >= 4 is 27.5 Å². The summed E-state index contributed by atoms with van der Waals surface area (Å²) in [5, 5.41) is 2.95. The minimum absolute atomic E-state index is 0.0752. The van der Waals surface area contributed by atoms with Gasteiger partial charge in [0, 0.05) is 18.7 Å². The molecule has 210 valence electrons. The minimum Gasteiger partial charge on any atom is -0.497 e. The van der Waals surface area contributed by atoms with E-state index in [1.807, 2.05) is 20.8 Å². The molecule has 0 aromatic heterocycles. The molecule has 2 atom stereocenters. The van der Waals surface area contributed by atoms with Gasteiger partial charge in [0.05, 0.1) is 33.3 Å². The lowest BCUT2D eigenvalue weighted by Crippen LogP contribution is -2.53. The van der Waals surface area contributed by atoms with Crippen molar-refractivity contribution in [3.63, 3.8) is 0 Å². The van der Waals surface area contributed by atoms with Crippen molar-refractivity contribution in [2.45, 2.75) is 52.2 Å². The summed E-state index contributed by atoms with van der Waals surface area (Å²) < 4.78 is 42.4. The van der Waals surface area contributed by atoms with E-state index in [2.05, 4.69) is 5.32 Å². The molecule has 2 aromatic rings. The summed E-state index contributed by atoms with van der Waals surface area (Å²) in [6, 6.07) is 10.9. The van der Waals surface area contributed by atoms with E-state index in [1.165, 1.54) is 31.3 Å². The second kappa shape index (κ2) is 13.9. The Morgan fingerprint density at radius 2 is 1.55 bits per heavy atom. The molecule has 2 unspecified atom stereocenters. The molecule has 1 N–H and O–H groups in total. The van der Waals surface area contributed by atoms with Crippen LogP contribution in [0.2, 0.25) is 0 Å². The molecule has 0 saturated carbocycles. The van der Waals surface area contributed by atoms with E-state index in [0.717, 1.165) is 22.5 Å². The van der Waals surface area contributed by atoms with Gasteiger partial charge in [0.2, 0.25) is 21.8 Å². The van der Waals surface area contributed by atoms with Crippen molar-refractivity contribution < 1.29 is 32.2 Å². The number of nitrogens with one attached hydrogen (secondary N) is 1. The van der Waals surface area contributed by atoms with Crippen LogP contribution in [-0.2, 0) is 26.2 Å². The molecule has 0 aliphatic rings. The highest BCUT2D eigenvalue weighted by molar-refractivity contribution is 7.92. The quantitative estimate of drug-likeness (QED) is 0.385. The van der Waals surface area contributed by atoms with Crippen LogP contribution in [0, 0.1) is 0 Å². The number of rotatable bonds is 14. The Morgan fingerprint density at radius 3 is 2.05 bits per heavy atom. The molecule has 0 aliphatic carbocycles. The summed E-state index contributed by atoms with van der Waals surface area (Å²) in [5.41, 5.74) is 1.01. The summed E-state index contributed by atoms with van der Waals surface area (Å²) in [7, 11) is 0.599. The number of carbonyl (C=O) groups is 2. The van der Waals surface area contributed by atoms with Crippen molar-refractivity contribution in [2.75, 3.05) is 38.4 Å². The highest BCUT2D eigenvalue weighted by atomic mass is 32.2. The van der Waals surface area contributed by atoms with Crippen molar-refractivity contribution in [1.29, 1.82) is 0 Å². The van der Waals surface area contributed by atoms with E-state index < -0.39 is 28.5 Å². The average molecular weight is 550 g/mol.